The van der Waals surface area contributed by atoms with Crippen molar-refractivity contribution in [1.82, 2.24) is 30.0 Å². The molecule has 3 aromatic carbocycles. The van der Waals surface area contributed by atoms with Crippen LogP contribution >= 0.6 is 0 Å². The summed E-state index contributed by atoms with van der Waals surface area (Å²) in [5.74, 6) is 0.945. The quantitative estimate of drug-likeness (QED) is 0.418. The van der Waals surface area contributed by atoms with E-state index in [1.54, 1.807) is 30.0 Å². The monoisotopic (exact) mass is 451 g/mol. The van der Waals surface area contributed by atoms with Crippen molar-refractivity contribution in [1.29, 1.82) is 0 Å². The predicted molar refractivity (Wildman–Crippen MR) is 127 cm³/mol. The van der Waals surface area contributed by atoms with Crippen LogP contribution in [-0.2, 0) is 0 Å². The third kappa shape index (κ3) is 4.14. The largest absolute Gasteiger partial charge is 0.496 e. The first-order valence-corrected chi connectivity index (χ1v) is 10.6. The lowest BCUT2D eigenvalue weighted by Crippen LogP contribution is -2.15. The second kappa shape index (κ2) is 8.99. The van der Waals surface area contributed by atoms with E-state index in [0.29, 0.717) is 28.5 Å². The highest BCUT2D eigenvalue weighted by Gasteiger charge is 2.17. The number of aryl methyl sites for hydroxylation is 1. The first-order chi connectivity index (χ1) is 16.6. The lowest BCUT2D eigenvalue weighted by molar-refractivity contribution is 0.102. The number of ether oxygens (including phenoxy) is 1. The average Bonchev–Trinajstić information content (AvgIpc) is 3.55. The summed E-state index contributed by atoms with van der Waals surface area (Å²) >= 11 is 0. The fourth-order valence-corrected chi connectivity index (χ4v) is 3.60. The number of amides is 1. The molecule has 0 spiro atoms. The van der Waals surface area contributed by atoms with Gasteiger partial charge in [-0.2, -0.15) is 5.10 Å². The van der Waals surface area contributed by atoms with Crippen LogP contribution in [0.3, 0.4) is 0 Å². The zero-order chi connectivity index (χ0) is 23.5. The molecule has 1 N–H and O–H groups in total. The Hall–Kier alpha value is -4.79. The molecule has 168 valence electrons. The zero-order valence-electron chi connectivity index (χ0n) is 18.6. The maximum absolute atomic E-state index is 13.2. The number of para-hydroxylation sites is 1. The van der Waals surface area contributed by atoms with Crippen molar-refractivity contribution in [2.45, 2.75) is 6.92 Å². The van der Waals surface area contributed by atoms with E-state index in [1.807, 2.05) is 67.6 Å². The fraction of sp³-hybridized carbons (Fsp3) is 0.0800. The average molecular weight is 451 g/mol. The van der Waals surface area contributed by atoms with E-state index in [-0.39, 0.29) is 5.91 Å². The number of nitrogens with one attached hydrogen (secondary N) is 1. The van der Waals surface area contributed by atoms with Crippen LogP contribution in [0.5, 0.6) is 5.75 Å². The number of rotatable bonds is 6. The molecule has 5 rings (SSSR count). The van der Waals surface area contributed by atoms with Gasteiger partial charge in [0.15, 0.2) is 0 Å². The molecule has 2 heterocycles. The van der Waals surface area contributed by atoms with E-state index in [4.69, 9.17) is 9.84 Å². The number of tetrazole rings is 1. The minimum Gasteiger partial charge on any atom is -0.496 e. The van der Waals surface area contributed by atoms with E-state index in [0.717, 1.165) is 16.8 Å². The van der Waals surface area contributed by atoms with Gasteiger partial charge in [0.25, 0.3) is 5.91 Å². The van der Waals surface area contributed by atoms with Gasteiger partial charge in [-0.3, -0.25) is 4.79 Å². The lowest BCUT2D eigenvalue weighted by atomic mass is 10.1. The first-order valence-electron chi connectivity index (χ1n) is 10.6. The Labute approximate surface area is 195 Å². The molecule has 0 fully saturated rings. The second-order valence-corrected chi connectivity index (χ2v) is 7.62. The Kier molecular flexibility index (Phi) is 5.57. The number of hydrogen-bond acceptors (Lipinski definition) is 6. The van der Waals surface area contributed by atoms with Crippen LogP contribution in [-0.4, -0.2) is 43.0 Å². The van der Waals surface area contributed by atoms with E-state index in [9.17, 15) is 4.79 Å². The van der Waals surface area contributed by atoms with Crippen LogP contribution in [0.4, 0.5) is 5.82 Å². The number of benzene rings is 3. The Bertz CT molecular complexity index is 1440. The van der Waals surface area contributed by atoms with Gasteiger partial charge in [0.1, 0.15) is 17.9 Å². The van der Waals surface area contributed by atoms with Crippen LogP contribution in [0.15, 0.2) is 85.2 Å². The summed E-state index contributed by atoms with van der Waals surface area (Å²) < 4.78 is 8.72. The maximum atomic E-state index is 13.2. The third-order valence-corrected chi connectivity index (χ3v) is 5.33. The Morgan fingerprint density at radius 3 is 2.53 bits per heavy atom. The molecule has 1 amide bonds. The molecule has 2 aromatic heterocycles. The van der Waals surface area contributed by atoms with Gasteiger partial charge < -0.3 is 10.1 Å². The van der Waals surface area contributed by atoms with Crippen molar-refractivity contribution < 1.29 is 9.53 Å². The van der Waals surface area contributed by atoms with Crippen LogP contribution in [0.2, 0.25) is 0 Å². The Morgan fingerprint density at radius 2 is 1.76 bits per heavy atom. The normalized spacial score (nSPS) is 10.8. The highest BCUT2D eigenvalue weighted by Crippen LogP contribution is 2.31. The van der Waals surface area contributed by atoms with Gasteiger partial charge in [0, 0.05) is 17.2 Å². The standard InChI is InChI=1S/C25H21N7O2/c1-17-10-12-19(13-11-17)32-24(15-22(28-32)21-8-3-4-9-23(21)34-2)27-25(33)18-6-5-7-20(14-18)31-16-26-29-30-31/h3-16H,1-2H3,(H,27,33). The van der Waals surface area contributed by atoms with E-state index < -0.39 is 0 Å². The van der Waals surface area contributed by atoms with E-state index in [2.05, 4.69) is 20.8 Å². The molecule has 34 heavy (non-hydrogen) atoms. The maximum Gasteiger partial charge on any atom is 0.256 e. The predicted octanol–water partition coefficient (Wildman–Crippen LogP) is 4.08. The summed E-state index contributed by atoms with van der Waals surface area (Å²) in [5.41, 5.74) is 4.60. The number of methoxy groups -OCH3 is 1. The van der Waals surface area contributed by atoms with Gasteiger partial charge in [0.05, 0.1) is 24.2 Å². The number of anilines is 1. The SMILES string of the molecule is COc1ccccc1-c1cc(NC(=O)c2cccc(-n3cnnn3)c2)n(-c2ccc(C)cc2)n1. The lowest BCUT2D eigenvalue weighted by Gasteiger charge is -2.10. The van der Waals surface area contributed by atoms with Gasteiger partial charge in [0.2, 0.25) is 0 Å². The molecule has 9 heteroatoms. The van der Waals surface area contributed by atoms with Crippen LogP contribution in [0, 0.1) is 6.92 Å². The van der Waals surface area contributed by atoms with Crippen molar-refractivity contribution in [2.24, 2.45) is 0 Å². The Morgan fingerprint density at radius 1 is 0.941 bits per heavy atom. The highest BCUT2D eigenvalue weighted by molar-refractivity contribution is 6.04. The molecule has 5 aromatic rings. The minimum atomic E-state index is -0.283. The van der Waals surface area contributed by atoms with Crippen molar-refractivity contribution in [3.8, 4) is 28.4 Å². The molecule has 9 nitrogen and oxygen atoms in total. The van der Waals surface area contributed by atoms with Crippen molar-refractivity contribution in [2.75, 3.05) is 12.4 Å². The summed E-state index contributed by atoms with van der Waals surface area (Å²) in [6, 6.07) is 24.5. The summed E-state index contributed by atoms with van der Waals surface area (Å²) in [7, 11) is 1.62. The number of carbonyl (C=O) groups is 1. The van der Waals surface area contributed by atoms with Crippen molar-refractivity contribution in [3.05, 3.63) is 96.3 Å². The minimum absolute atomic E-state index is 0.283. The molecule has 0 saturated heterocycles. The zero-order valence-corrected chi connectivity index (χ0v) is 18.6. The van der Waals surface area contributed by atoms with Gasteiger partial charge in [-0.05, 0) is 59.8 Å². The van der Waals surface area contributed by atoms with Gasteiger partial charge in [-0.15, -0.1) is 5.10 Å². The second-order valence-electron chi connectivity index (χ2n) is 7.62. The molecule has 0 atom stereocenters. The Balaban J connectivity index is 1.54. The molecule has 0 aliphatic heterocycles. The molecular weight excluding hydrogens is 430 g/mol. The molecule has 0 bridgehead atoms. The number of hydrogen-bond donors (Lipinski definition) is 1. The fourth-order valence-electron chi connectivity index (χ4n) is 3.60. The molecule has 0 aliphatic rings. The van der Waals surface area contributed by atoms with E-state index in [1.165, 1.54) is 11.0 Å². The highest BCUT2D eigenvalue weighted by atomic mass is 16.5. The van der Waals surface area contributed by atoms with Gasteiger partial charge >= 0.3 is 0 Å². The van der Waals surface area contributed by atoms with Gasteiger partial charge in [-0.1, -0.05) is 35.9 Å². The summed E-state index contributed by atoms with van der Waals surface area (Å²) in [6.45, 7) is 2.02. The number of nitrogens with zero attached hydrogens (tertiary/aromatic N) is 6. The molecule has 0 aliphatic carbocycles. The molecule has 0 radical (unpaired) electrons. The molecule has 0 unspecified atom stereocenters. The van der Waals surface area contributed by atoms with Gasteiger partial charge in [-0.25, -0.2) is 9.36 Å². The molecule has 0 saturated carbocycles. The summed E-state index contributed by atoms with van der Waals surface area (Å²) in [4.78, 5) is 13.2. The molecular formula is C25H21N7O2. The van der Waals surface area contributed by atoms with Crippen molar-refractivity contribution in [3.63, 3.8) is 0 Å². The first kappa shape index (κ1) is 21.1. The van der Waals surface area contributed by atoms with Crippen molar-refractivity contribution >= 4 is 11.7 Å². The topological polar surface area (TPSA) is 99.7 Å². The summed E-state index contributed by atoms with van der Waals surface area (Å²) in [6.07, 6.45) is 1.48. The van der Waals surface area contributed by atoms with Crippen LogP contribution in [0.25, 0.3) is 22.6 Å². The summed E-state index contributed by atoms with van der Waals surface area (Å²) in [5, 5.41) is 19.0. The van der Waals surface area contributed by atoms with Crippen LogP contribution in [0.1, 0.15) is 15.9 Å². The number of aromatic nitrogens is 6. The smallest absolute Gasteiger partial charge is 0.256 e. The third-order valence-electron chi connectivity index (χ3n) is 5.33. The van der Waals surface area contributed by atoms with Crippen LogP contribution < -0.4 is 10.1 Å². The van der Waals surface area contributed by atoms with E-state index >= 15 is 0 Å². The number of carbonyl (C=O) groups excluding carboxylic acids is 1.